The third-order valence-corrected chi connectivity index (χ3v) is 2.85. The van der Waals surface area contributed by atoms with Crippen molar-refractivity contribution in [2.45, 2.75) is 12.8 Å². The molecule has 2 heteroatoms. The molecule has 0 aliphatic carbocycles. The molecule has 2 rings (SSSR count). The van der Waals surface area contributed by atoms with Crippen LogP contribution in [0.4, 0.5) is 5.69 Å². The maximum atomic E-state index is 9.18. The first-order valence-corrected chi connectivity index (χ1v) is 5.83. The lowest BCUT2D eigenvalue weighted by Crippen LogP contribution is -2.09. The fourth-order valence-electron chi connectivity index (χ4n) is 1.75. The van der Waals surface area contributed by atoms with E-state index < -0.39 is 0 Å². The predicted molar refractivity (Wildman–Crippen MR) is 71.5 cm³/mol. The van der Waals surface area contributed by atoms with Crippen molar-refractivity contribution < 1.29 is 5.11 Å². The number of phenols is 1. The second kappa shape index (κ2) is 5.39. The fourth-order valence-corrected chi connectivity index (χ4v) is 1.75. The monoisotopic (exact) mass is 227 g/mol. The van der Waals surface area contributed by atoms with Gasteiger partial charge in [0.15, 0.2) is 0 Å². The maximum absolute atomic E-state index is 9.18. The molecular weight excluding hydrogens is 210 g/mol. The quantitative estimate of drug-likeness (QED) is 0.782. The van der Waals surface area contributed by atoms with Crippen molar-refractivity contribution in [1.29, 1.82) is 0 Å². The van der Waals surface area contributed by atoms with Gasteiger partial charge >= 0.3 is 0 Å². The topological polar surface area (TPSA) is 32.3 Å². The average Bonchev–Trinajstić information content (AvgIpc) is 2.39. The summed E-state index contributed by atoms with van der Waals surface area (Å²) in [5.74, 6) is 0.761. The number of hydrogen-bond acceptors (Lipinski definition) is 2. The van der Waals surface area contributed by atoms with Crippen LogP contribution in [0.2, 0.25) is 0 Å². The number of nitrogens with one attached hydrogen (secondary N) is 1. The highest BCUT2D eigenvalue weighted by Crippen LogP contribution is 2.17. The summed E-state index contributed by atoms with van der Waals surface area (Å²) in [5, 5.41) is 12.5. The molecule has 0 aliphatic heterocycles. The summed E-state index contributed by atoms with van der Waals surface area (Å²) in [6, 6.07) is 17.6. The molecule has 1 atom stereocenters. The van der Waals surface area contributed by atoms with Crippen LogP contribution in [-0.2, 0) is 0 Å². The molecular formula is C15H17NO. The first-order valence-electron chi connectivity index (χ1n) is 5.83. The Bertz CT molecular complexity index is 450. The minimum absolute atomic E-state index is 0.298. The Morgan fingerprint density at radius 2 is 1.65 bits per heavy atom. The van der Waals surface area contributed by atoms with E-state index in [1.54, 1.807) is 12.1 Å². The van der Waals surface area contributed by atoms with Crippen molar-refractivity contribution in [3.8, 4) is 5.75 Å². The van der Waals surface area contributed by atoms with Crippen LogP contribution in [0.3, 0.4) is 0 Å². The molecule has 0 bridgehead atoms. The number of aromatic hydroxyl groups is 1. The third kappa shape index (κ3) is 3.25. The molecule has 2 N–H and O–H groups in total. The van der Waals surface area contributed by atoms with Gasteiger partial charge in [-0.05, 0) is 35.7 Å². The Morgan fingerprint density at radius 1 is 1.00 bits per heavy atom. The molecule has 0 saturated carbocycles. The second-order valence-corrected chi connectivity index (χ2v) is 4.24. The molecule has 0 radical (unpaired) electrons. The molecule has 17 heavy (non-hydrogen) atoms. The summed E-state index contributed by atoms with van der Waals surface area (Å²) in [5.41, 5.74) is 2.37. The number of phenolic OH excluding ortho intramolecular Hbond substituents is 1. The van der Waals surface area contributed by atoms with E-state index in [9.17, 15) is 5.11 Å². The highest BCUT2D eigenvalue weighted by atomic mass is 16.3. The Labute approximate surface area is 102 Å². The number of anilines is 1. The van der Waals surface area contributed by atoms with Gasteiger partial charge in [-0.15, -0.1) is 0 Å². The Hall–Kier alpha value is -1.96. The molecule has 0 saturated heterocycles. The molecule has 88 valence electrons. The Balaban J connectivity index is 1.92. The number of benzene rings is 2. The second-order valence-electron chi connectivity index (χ2n) is 4.24. The molecule has 2 aromatic rings. The highest BCUT2D eigenvalue weighted by molar-refractivity contribution is 5.46. The van der Waals surface area contributed by atoms with Gasteiger partial charge in [-0.1, -0.05) is 37.3 Å². The van der Waals surface area contributed by atoms with E-state index >= 15 is 0 Å². The van der Waals surface area contributed by atoms with Crippen molar-refractivity contribution in [2.24, 2.45) is 0 Å². The zero-order valence-corrected chi connectivity index (χ0v) is 9.93. The number of rotatable bonds is 4. The first kappa shape index (κ1) is 11.5. The predicted octanol–water partition coefficient (Wildman–Crippen LogP) is 3.61. The molecule has 0 fully saturated rings. The standard InChI is InChI=1S/C15H17NO/c1-12(13-5-3-2-4-6-13)11-16-14-7-9-15(17)10-8-14/h2-10,12,16-17H,11H2,1H3/t12-/m0/s1. The zero-order valence-electron chi connectivity index (χ0n) is 9.93. The van der Waals surface area contributed by atoms with Gasteiger partial charge in [0.25, 0.3) is 0 Å². The highest BCUT2D eigenvalue weighted by Gasteiger charge is 2.04. The van der Waals surface area contributed by atoms with Crippen molar-refractivity contribution in [3.05, 3.63) is 60.2 Å². The van der Waals surface area contributed by atoms with Gasteiger partial charge < -0.3 is 10.4 Å². The van der Waals surface area contributed by atoms with E-state index in [0.29, 0.717) is 11.7 Å². The summed E-state index contributed by atoms with van der Waals surface area (Å²) in [6.07, 6.45) is 0. The van der Waals surface area contributed by atoms with E-state index in [2.05, 4.69) is 36.5 Å². The van der Waals surface area contributed by atoms with E-state index in [0.717, 1.165) is 12.2 Å². The third-order valence-electron chi connectivity index (χ3n) is 2.85. The summed E-state index contributed by atoms with van der Waals surface area (Å²) in [6.45, 7) is 3.08. The minimum atomic E-state index is 0.298. The molecule has 0 spiro atoms. The van der Waals surface area contributed by atoms with Crippen LogP contribution in [0.25, 0.3) is 0 Å². The van der Waals surface area contributed by atoms with Crippen LogP contribution in [-0.4, -0.2) is 11.7 Å². The van der Waals surface area contributed by atoms with Crippen LogP contribution < -0.4 is 5.32 Å². The summed E-state index contributed by atoms with van der Waals surface area (Å²) in [4.78, 5) is 0. The summed E-state index contributed by atoms with van der Waals surface area (Å²) >= 11 is 0. The maximum Gasteiger partial charge on any atom is 0.115 e. The van der Waals surface area contributed by atoms with Gasteiger partial charge in [0.1, 0.15) is 5.75 Å². The van der Waals surface area contributed by atoms with Crippen molar-refractivity contribution >= 4 is 5.69 Å². The molecule has 0 amide bonds. The van der Waals surface area contributed by atoms with E-state index in [1.165, 1.54) is 5.56 Å². The summed E-state index contributed by atoms with van der Waals surface area (Å²) < 4.78 is 0. The minimum Gasteiger partial charge on any atom is -0.508 e. The smallest absolute Gasteiger partial charge is 0.115 e. The number of hydrogen-bond donors (Lipinski definition) is 2. The Kier molecular flexibility index (Phi) is 3.66. The lowest BCUT2D eigenvalue weighted by molar-refractivity contribution is 0.475. The zero-order chi connectivity index (χ0) is 12.1. The van der Waals surface area contributed by atoms with Crippen LogP contribution >= 0.6 is 0 Å². The van der Waals surface area contributed by atoms with E-state index in [4.69, 9.17) is 0 Å². The normalized spacial score (nSPS) is 12.1. The van der Waals surface area contributed by atoms with Crippen molar-refractivity contribution in [3.63, 3.8) is 0 Å². The van der Waals surface area contributed by atoms with Crippen LogP contribution in [0, 0.1) is 0 Å². The Morgan fingerprint density at radius 3 is 2.29 bits per heavy atom. The fraction of sp³-hybridized carbons (Fsp3) is 0.200. The van der Waals surface area contributed by atoms with Crippen molar-refractivity contribution in [1.82, 2.24) is 0 Å². The lowest BCUT2D eigenvalue weighted by Gasteiger charge is -2.13. The van der Waals surface area contributed by atoms with Gasteiger partial charge in [-0.25, -0.2) is 0 Å². The SMILES string of the molecule is C[C@@H](CNc1ccc(O)cc1)c1ccccc1. The van der Waals surface area contributed by atoms with Crippen LogP contribution in [0.1, 0.15) is 18.4 Å². The van der Waals surface area contributed by atoms with Crippen molar-refractivity contribution in [2.75, 3.05) is 11.9 Å². The summed E-state index contributed by atoms with van der Waals surface area (Å²) in [7, 11) is 0. The van der Waals surface area contributed by atoms with Gasteiger partial charge in [-0.2, -0.15) is 0 Å². The van der Waals surface area contributed by atoms with Gasteiger partial charge in [-0.3, -0.25) is 0 Å². The van der Waals surface area contributed by atoms with Gasteiger partial charge in [0.05, 0.1) is 0 Å². The largest absolute Gasteiger partial charge is 0.508 e. The lowest BCUT2D eigenvalue weighted by atomic mass is 10.0. The molecule has 0 unspecified atom stereocenters. The van der Waals surface area contributed by atoms with E-state index in [1.807, 2.05) is 18.2 Å². The average molecular weight is 227 g/mol. The molecule has 0 aliphatic rings. The van der Waals surface area contributed by atoms with Crippen LogP contribution in [0.15, 0.2) is 54.6 Å². The van der Waals surface area contributed by atoms with Crippen LogP contribution in [0.5, 0.6) is 5.75 Å². The van der Waals surface area contributed by atoms with E-state index in [-0.39, 0.29) is 0 Å². The van der Waals surface area contributed by atoms with Gasteiger partial charge in [0.2, 0.25) is 0 Å². The molecule has 0 heterocycles. The van der Waals surface area contributed by atoms with Gasteiger partial charge in [0, 0.05) is 12.2 Å². The molecule has 0 aromatic heterocycles. The first-order chi connectivity index (χ1) is 8.25. The molecule has 2 nitrogen and oxygen atoms in total. The molecule has 2 aromatic carbocycles.